The minimum absolute atomic E-state index is 0.0387. The molecule has 1 aromatic carbocycles. The van der Waals surface area contributed by atoms with E-state index in [2.05, 4.69) is 15.6 Å². The second-order valence-corrected chi connectivity index (χ2v) is 6.93. The van der Waals surface area contributed by atoms with Gasteiger partial charge in [-0.05, 0) is 25.3 Å². The highest BCUT2D eigenvalue weighted by Gasteiger charge is 2.24. The smallest absolute Gasteiger partial charge is 0.255 e. The molecular weight excluding hydrogens is 338 g/mol. The van der Waals surface area contributed by atoms with E-state index in [-0.39, 0.29) is 24.0 Å². The van der Waals surface area contributed by atoms with Crippen LogP contribution in [0.4, 0.5) is 5.13 Å². The average Bonchev–Trinajstić information content (AvgIpc) is 3.26. The summed E-state index contributed by atoms with van der Waals surface area (Å²) in [6.45, 7) is 4.09. The van der Waals surface area contributed by atoms with Crippen LogP contribution in [0, 0.1) is 0 Å². The molecule has 0 bridgehead atoms. The number of benzene rings is 1. The predicted octanol–water partition coefficient (Wildman–Crippen LogP) is 3.12. The maximum absolute atomic E-state index is 12.1. The number of carbonyl (C=O) groups excluding carboxylic acids is 2. The van der Waals surface area contributed by atoms with Gasteiger partial charge in [0, 0.05) is 24.5 Å². The van der Waals surface area contributed by atoms with E-state index in [4.69, 9.17) is 4.74 Å². The molecule has 2 amide bonds. The van der Waals surface area contributed by atoms with Crippen molar-refractivity contribution in [1.82, 2.24) is 10.3 Å². The van der Waals surface area contributed by atoms with Gasteiger partial charge in [-0.1, -0.05) is 24.3 Å². The van der Waals surface area contributed by atoms with E-state index in [1.807, 2.05) is 36.6 Å². The Morgan fingerprint density at radius 3 is 2.72 bits per heavy atom. The van der Waals surface area contributed by atoms with Crippen LogP contribution < -0.4 is 10.6 Å². The molecule has 0 aliphatic carbocycles. The van der Waals surface area contributed by atoms with Crippen molar-refractivity contribution in [3.63, 3.8) is 0 Å². The molecule has 1 saturated heterocycles. The van der Waals surface area contributed by atoms with Crippen molar-refractivity contribution >= 4 is 28.3 Å². The maximum atomic E-state index is 12.1. The van der Waals surface area contributed by atoms with Gasteiger partial charge in [-0.3, -0.25) is 14.9 Å². The zero-order valence-electron chi connectivity index (χ0n) is 14.2. The van der Waals surface area contributed by atoms with E-state index in [1.54, 1.807) is 0 Å². The standard InChI is InChI=1S/C18H21N3O3S/c1-11(19-12(2)22)13-5-7-14(8-6-13)15-10-25-18(20-15)21-17(23)16-4-3-9-24-16/h5-8,10-11,16H,3-4,9H2,1-2H3,(H,19,22)(H,20,21,23). The minimum atomic E-state index is -0.359. The first-order valence-electron chi connectivity index (χ1n) is 8.28. The fraction of sp³-hybridized carbons (Fsp3) is 0.389. The molecule has 2 atom stereocenters. The Kier molecular flexibility index (Phi) is 5.45. The Morgan fingerprint density at radius 2 is 2.08 bits per heavy atom. The van der Waals surface area contributed by atoms with Crippen LogP contribution in [0.15, 0.2) is 29.6 Å². The van der Waals surface area contributed by atoms with Crippen LogP contribution >= 0.6 is 11.3 Å². The molecule has 7 heteroatoms. The molecule has 1 aliphatic heterocycles. The number of hydrogen-bond acceptors (Lipinski definition) is 5. The second-order valence-electron chi connectivity index (χ2n) is 6.07. The molecule has 1 aromatic heterocycles. The highest BCUT2D eigenvalue weighted by molar-refractivity contribution is 7.14. The van der Waals surface area contributed by atoms with Gasteiger partial charge in [-0.15, -0.1) is 11.3 Å². The first-order valence-corrected chi connectivity index (χ1v) is 9.16. The minimum Gasteiger partial charge on any atom is -0.368 e. The summed E-state index contributed by atoms with van der Waals surface area (Å²) in [5.41, 5.74) is 2.81. The van der Waals surface area contributed by atoms with E-state index in [1.165, 1.54) is 18.3 Å². The topological polar surface area (TPSA) is 80.3 Å². The summed E-state index contributed by atoms with van der Waals surface area (Å²) in [6, 6.07) is 7.84. The second kappa shape index (κ2) is 7.76. The normalized spacial score (nSPS) is 17.9. The molecule has 0 spiro atoms. The van der Waals surface area contributed by atoms with Crippen LogP contribution in [-0.4, -0.2) is 29.5 Å². The number of thiazole rings is 1. The van der Waals surface area contributed by atoms with Gasteiger partial charge in [0.05, 0.1) is 11.7 Å². The number of hydrogen-bond donors (Lipinski definition) is 2. The SMILES string of the molecule is CC(=O)NC(C)c1ccc(-c2csc(NC(=O)C3CCCO3)n2)cc1. The van der Waals surface area contributed by atoms with Crippen molar-refractivity contribution in [3.05, 3.63) is 35.2 Å². The summed E-state index contributed by atoms with van der Waals surface area (Å²) < 4.78 is 5.38. The zero-order valence-corrected chi connectivity index (χ0v) is 15.1. The Morgan fingerprint density at radius 1 is 1.32 bits per heavy atom. The van der Waals surface area contributed by atoms with Gasteiger partial charge < -0.3 is 10.1 Å². The number of amides is 2. The first-order chi connectivity index (χ1) is 12.0. The third kappa shape index (κ3) is 4.43. The molecule has 0 saturated carbocycles. The van der Waals surface area contributed by atoms with Crippen LogP contribution in [0.25, 0.3) is 11.3 Å². The van der Waals surface area contributed by atoms with Crippen LogP contribution in [0.2, 0.25) is 0 Å². The lowest BCUT2D eigenvalue weighted by Crippen LogP contribution is -2.26. The molecular formula is C18H21N3O3S. The summed E-state index contributed by atoms with van der Waals surface area (Å²) in [7, 11) is 0. The van der Waals surface area contributed by atoms with Crippen molar-refractivity contribution in [1.29, 1.82) is 0 Å². The number of carbonyl (C=O) groups is 2. The van der Waals surface area contributed by atoms with Crippen molar-refractivity contribution in [2.75, 3.05) is 11.9 Å². The Balaban J connectivity index is 1.65. The quantitative estimate of drug-likeness (QED) is 0.859. The zero-order chi connectivity index (χ0) is 17.8. The molecule has 2 aromatic rings. The summed E-state index contributed by atoms with van der Waals surface area (Å²) in [5.74, 6) is -0.180. The molecule has 3 rings (SSSR count). The lowest BCUT2D eigenvalue weighted by Gasteiger charge is -2.13. The lowest BCUT2D eigenvalue weighted by molar-refractivity contribution is -0.124. The van der Waals surface area contributed by atoms with Crippen LogP contribution in [0.5, 0.6) is 0 Å². The number of rotatable bonds is 5. The van der Waals surface area contributed by atoms with Gasteiger partial charge in [0.25, 0.3) is 5.91 Å². The van der Waals surface area contributed by atoms with Gasteiger partial charge in [0.1, 0.15) is 6.10 Å². The maximum Gasteiger partial charge on any atom is 0.255 e. The third-order valence-corrected chi connectivity index (χ3v) is 4.84. The van der Waals surface area contributed by atoms with Gasteiger partial charge in [-0.25, -0.2) is 4.98 Å². The molecule has 1 aliphatic rings. The average molecular weight is 359 g/mol. The fourth-order valence-electron chi connectivity index (χ4n) is 2.76. The monoisotopic (exact) mass is 359 g/mol. The third-order valence-electron chi connectivity index (χ3n) is 4.08. The highest BCUT2D eigenvalue weighted by Crippen LogP contribution is 2.27. The number of aromatic nitrogens is 1. The van der Waals surface area contributed by atoms with E-state index >= 15 is 0 Å². The number of anilines is 1. The van der Waals surface area contributed by atoms with E-state index in [0.717, 1.165) is 29.7 Å². The largest absolute Gasteiger partial charge is 0.368 e. The Hall–Kier alpha value is -2.25. The summed E-state index contributed by atoms with van der Waals surface area (Å²) >= 11 is 1.39. The molecule has 6 nitrogen and oxygen atoms in total. The van der Waals surface area contributed by atoms with Crippen molar-refractivity contribution in [3.8, 4) is 11.3 Å². The summed E-state index contributed by atoms with van der Waals surface area (Å²) in [5, 5.41) is 8.17. The summed E-state index contributed by atoms with van der Waals surface area (Å²) in [4.78, 5) is 27.7. The molecule has 1 fully saturated rings. The Labute approximate surface area is 150 Å². The summed E-state index contributed by atoms with van der Waals surface area (Å²) in [6.07, 6.45) is 1.32. The van der Waals surface area contributed by atoms with Crippen LogP contribution in [-0.2, 0) is 14.3 Å². The number of nitrogens with zero attached hydrogens (tertiary/aromatic N) is 1. The van der Waals surface area contributed by atoms with Crippen LogP contribution in [0.3, 0.4) is 0 Å². The number of nitrogens with one attached hydrogen (secondary N) is 2. The van der Waals surface area contributed by atoms with Gasteiger partial charge in [0.15, 0.2) is 5.13 Å². The van der Waals surface area contributed by atoms with E-state index < -0.39 is 0 Å². The van der Waals surface area contributed by atoms with Crippen LogP contribution in [0.1, 0.15) is 38.3 Å². The molecule has 132 valence electrons. The highest BCUT2D eigenvalue weighted by atomic mass is 32.1. The Bertz CT molecular complexity index is 751. The molecule has 2 N–H and O–H groups in total. The molecule has 2 unspecified atom stereocenters. The predicted molar refractivity (Wildman–Crippen MR) is 97.4 cm³/mol. The molecule has 0 radical (unpaired) electrons. The van der Waals surface area contributed by atoms with Crippen molar-refractivity contribution in [2.45, 2.75) is 38.8 Å². The van der Waals surface area contributed by atoms with E-state index in [9.17, 15) is 9.59 Å². The van der Waals surface area contributed by atoms with Gasteiger partial charge in [0.2, 0.25) is 5.91 Å². The fourth-order valence-corrected chi connectivity index (χ4v) is 3.49. The van der Waals surface area contributed by atoms with Gasteiger partial charge >= 0.3 is 0 Å². The van der Waals surface area contributed by atoms with Crippen molar-refractivity contribution in [2.24, 2.45) is 0 Å². The lowest BCUT2D eigenvalue weighted by atomic mass is 10.1. The first kappa shape index (κ1) is 17.6. The van der Waals surface area contributed by atoms with E-state index in [0.29, 0.717) is 11.7 Å². The number of ether oxygens (including phenoxy) is 1. The molecule has 25 heavy (non-hydrogen) atoms. The van der Waals surface area contributed by atoms with Crippen molar-refractivity contribution < 1.29 is 14.3 Å². The molecule has 2 heterocycles. The van der Waals surface area contributed by atoms with Gasteiger partial charge in [-0.2, -0.15) is 0 Å².